The lowest BCUT2D eigenvalue weighted by molar-refractivity contribution is -0.180. The zero-order chi connectivity index (χ0) is 23.6. The molecule has 1 aliphatic carbocycles. The number of halogens is 3. The number of carbonyl (C=O) groups excluding carboxylic acids is 1. The van der Waals surface area contributed by atoms with Gasteiger partial charge in [0.05, 0.1) is 12.1 Å². The van der Waals surface area contributed by atoms with Crippen molar-refractivity contribution >= 4 is 17.4 Å². The second-order valence-electron chi connectivity index (χ2n) is 8.43. The van der Waals surface area contributed by atoms with Gasteiger partial charge in [-0.2, -0.15) is 13.2 Å². The van der Waals surface area contributed by atoms with Gasteiger partial charge in [-0.15, -0.1) is 0 Å². The summed E-state index contributed by atoms with van der Waals surface area (Å²) in [6, 6.07) is 8.25. The van der Waals surface area contributed by atoms with Crippen LogP contribution in [0.1, 0.15) is 55.6 Å². The van der Waals surface area contributed by atoms with Crippen molar-refractivity contribution in [1.29, 1.82) is 0 Å². The van der Waals surface area contributed by atoms with Gasteiger partial charge in [-0.1, -0.05) is 6.07 Å². The Labute approximate surface area is 189 Å². The maximum Gasteiger partial charge on any atom is 0.434 e. The van der Waals surface area contributed by atoms with Crippen LogP contribution in [0.4, 0.5) is 19.0 Å². The van der Waals surface area contributed by atoms with Crippen molar-refractivity contribution in [3.8, 4) is 0 Å². The quantitative estimate of drug-likeness (QED) is 0.526. The van der Waals surface area contributed by atoms with Crippen LogP contribution in [0.2, 0.25) is 0 Å². The van der Waals surface area contributed by atoms with Gasteiger partial charge in [-0.3, -0.25) is 19.0 Å². The highest BCUT2D eigenvalue weighted by Gasteiger charge is 2.35. The molecular formula is C23H26F3N5O2. The highest BCUT2D eigenvalue weighted by atomic mass is 19.4. The van der Waals surface area contributed by atoms with Crippen molar-refractivity contribution in [2.24, 2.45) is 0 Å². The second kappa shape index (κ2) is 9.38. The molecule has 0 aliphatic heterocycles. The number of imidazole rings is 1. The summed E-state index contributed by atoms with van der Waals surface area (Å²) in [5.74, 6) is 0.354. The van der Waals surface area contributed by atoms with Crippen LogP contribution in [0, 0.1) is 0 Å². The Morgan fingerprint density at radius 3 is 2.48 bits per heavy atom. The molecular weight excluding hydrogens is 435 g/mol. The van der Waals surface area contributed by atoms with Crippen LogP contribution in [0.25, 0.3) is 5.65 Å². The van der Waals surface area contributed by atoms with E-state index in [4.69, 9.17) is 4.84 Å². The van der Waals surface area contributed by atoms with Gasteiger partial charge in [0.15, 0.2) is 5.69 Å². The number of pyridine rings is 2. The second-order valence-corrected chi connectivity index (χ2v) is 8.43. The third kappa shape index (κ3) is 5.27. The average molecular weight is 461 g/mol. The lowest BCUT2D eigenvalue weighted by atomic mass is 9.90. The molecule has 1 saturated carbocycles. The van der Waals surface area contributed by atoms with E-state index in [1.807, 2.05) is 13.8 Å². The van der Waals surface area contributed by atoms with E-state index in [2.05, 4.69) is 15.3 Å². The fourth-order valence-electron chi connectivity index (χ4n) is 4.08. The van der Waals surface area contributed by atoms with E-state index in [-0.39, 0.29) is 29.7 Å². The zero-order valence-corrected chi connectivity index (χ0v) is 18.4. The van der Waals surface area contributed by atoms with Crippen molar-refractivity contribution in [3.63, 3.8) is 0 Å². The first-order valence-corrected chi connectivity index (χ1v) is 10.9. The molecule has 1 amide bonds. The van der Waals surface area contributed by atoms with Crippen LogP contribution < -0.4 is 5.32 Å². The van der Waals surface area contributed by atoms with Gasteiger partial charge in [0.2, 0.25) is 0 Å². The van der Waals surface area contributed by atoms with Crippen molar-refractivity contribution < 1.29 is 22.8 Å². The minimum absolute atomic E-state index is 0.0560. The van der Waals surface area contributed by atoms with E-state index < -0.39 is 11.9 Å². The number of amides is 1. The number of nitrogens with zero attached hydrogens (tertiary/aromatic N) is 4. The minimum Gasteiger partial charge on any atom is -0.368 e. The molecule has 1 aliphatic rings. The van der Waals surface area contributed by atoms with E-state index in [1.165, 1.54) is 9.46 Å². The lowest BCUT2D eigenvalue weighted by Gasteiger charge is -2.37. The molecule has 0 bridgehead atoms. The Morgan fingerprint density at radius 2 is 1.85 bits per heavy atom. The van der Waals surface area contributed by atoms with Crippen LogP contribution in [0.5, 0.6) is 0 Å². The first-order valence-electron chi connectivity index (χ1n) is 10.9. The van der Waals surface area contributed by atoms with Crippen molar-refractivity contribution in [1.82, 2.24) is 19.4 Å². The molecule has 0 radical (unpaired) electrons. The average Bonchev–Trinajstić information content (AvgIpc) is 3.24. The molecule has 1 fully saturated rings. The van der Waals surface area contributed by atoms with E-state index >= 15 is 0 Å². The number of nitrogens with one attached hydrogen (secondary N) is 1. The van der Waals surface area contributed by atoms with Gasteiger partial charge in [0.1, 0.15) is 11.5 Å². The normalized spacial score (nSPS) is 19.1. The van der Waals surface area contributed by atoms with Gasteiger partial charge in [0.25, 0.3) is 5.91 Å². The maximum absolute atomic E-state index is 13.1. The number of hydroxylamine groups is 2. The van der Waals surface area contributed by atoms with E-state index in [0.29, 0.717) is 24.2 Å². The van der Waals surface area contributed by atoms with Crippen LogP contribution in [-0.2, 0) is 11.0 Å². The first kappa shape index (κ1) is 23.0. The molecule has 0 spiro atoms. The molecule has 3 heterocycles. The summed E-state index contributed by atoms with van der Waals surface area (Å²) in [5, 5.41) is 4.83. The van der Waals surface area contributed by atoms with Crippen molar-refractivity contribution in [2.45, 2.75) is 63.9 Å². The van der Waals surface area contributed by atoms with E-state index in [0.717, 1.165) is 19.0 Å². The number of carbonyl (C=O) groups is 1. The SMILES string of the molecule is CC(C)ON(C(=O)c1ccncc1)C1CCC(Nc2cccc3nc(C(F)(F)F)cn23)CC1. The zero-order valence-electron chi connectivity index (χ0n) is 18.4. The van der Waals surface area contributed by atoms with Gasteiger partial charge in [0, 0.05) is 30.2 Å². The van der Waals surface area contributed by atoms with Crippen molar-refractivity contribution in [2.75, 3.05) is 5.32 Å². The molecule has 3 aromatic heterocycles. The lowest BCUT2D eigenvalue weighted by Crippen LogP contribution is -2.45. The Morgan fingerprint density at radius 1 is 1.15 bits per heavy atom. The van der Waals surface area contributed by atoms with E-state index in [1.54, 1.807) is 42.7 Å². The van der Waals surface area contributed by atoms with Crippen LogP contribution in [-0.4, -0.2) is 43.5 Å². The third-order valence-corrected chi connectivity index (χ3v) is 5.61. The fraction of sp³-hybridized carbons (Fsp3) is 0.435. The Kier molecular flexibility index (Phi) is 6.55. The summed E-state index contributed by atoms with van der Waals surface area (Å²) in [6.07, 6.45) is 2.38. The van der Waals surface area contributed by atoms with Gasteiger partial charge in [-0.25, -0.2) is 10.0 Å². The predicted octanol–water partition coefficient (Wildman–Crippen LogP) is 4.95. The molecule has 4 rings (SSSR count). The molecule has 176 valence electrons. The molecule has 33 heavy (non-hydrogen) atoms. The largest absolute Gasteiger partial charge is 0.434 e. The van der Waals surface area contributed by atoms with E-state index in [9.17, 15) is 18.0 Å². The number of aromatic nitrogens is 3. The topological polar surface area (TPSA) is 71.8 Å². The molecule has 0 saturated heterocycles. The summed E-state index contributed by atoms with van der Waals surface area (Å²) in [7, 11) is 0. The summed E-state index contributed by atoms with van der Waals surface area (Å²) >= 11 is 0. The summed E-state index contributed by atoms with van der Waals surface area (Å²) < 4.78 is 40.6. The molecule has 1 N–H and O–H groups in total. The number of alkyl halides is 3. The highest BCUT2D eigenvalue weighted by molar-refractivity contribution is 5.93. The third-order valence-electron chi connectivity index (χ3n) is 5.61. The predicted molar refractivity (Wildman–Crippen MR) is 116 cm³/mol. The highest BCUT2D eigenvalue weighted by Crippen LogP contribution is 2.31. The molecule has 0 aromatic carbocycles. The minimum atomic E-state index is -4.50. The number of hydrogen-bond acceptors (Lipinski definition) is 5. The van der Waals surface area contributed by atoms with Crippen LogP contribution in [0.3, 0.4) is 0 Å². The van der Waals surface area contributed by atoms with Gasteiger partial charge >= 0.3 is 6.18 Å². The van der Waals surface area contributed by atoms with Crippen LogP contribution >= 0.6 is 0 Å². The number of hydrogen-bond donors (Lipinski definition) is 1. The smallest absolute Gasteiger partial charge is 0.368 e. The molecule has 0 unspecified atom stereocenters. The maximum atomic E-state index is 13.1. The van der Waals surface area contributed by atoms with Gasteiger partial charge in [-0.05, 0) is 63.8 Å². The Hall–Kier alpha value is -3.14. The monoisotopic (exact) mass is 461 g/mol. The summed E-state index contributed by atoms with van der Waals surface area (Å²) in [5.41, 5.74) is -0.171. The first-order chi connectivity index (χ1) is 15.7. The summed E-state index contributed by atoms with van der Waals surface area (Å²) in [6.45, 7) is 3.75. The van der Waals surface area contributed by atoms with Crippen LogP contribution in [0.15, 0.2) is 48.9 Å². The standard InChI is InChI=1S/C23H26F3N5O2/c1-15(2)33-31(22(32)16-10-12-27-13-11-16)18-8-6-17(7-9-18)28-20-4-3-5-21-29-19(14-30(20)21)23(24,25)26/h3-5,10-15,17-18,28H,6-9H2,1-2H3. The number of rotatable bonds is 6. The molecule has 3 aromatic rings. The Bertz CT molecular complexity index is 1090. The molecule has 0 atom stereocenters. The summed E-state index contributed by atoms with van der Waals surface area (Å²) in [4.78, 5) is 26.6. The van der Waals surface area contributed by atoms with Gasteiger partial charge < -0.3 is 5.32 Å². The number of anilines is 1. The van der Waals surface area contributed by atoms with Crippen molar-refractivity contribution in [3.05, 3.63) is 60.2 Å². The fourth-order valence-corrected chi connectivity index (χ4v) is 4.08. The Balaban J connectivity index is 1.45. The number of fused-ring (bicyclic) bond motifs is 1. The molecule has 7 nitrogen and oxygen atoms in total. The molecule has 10 heteroatoms.